The zero-order valence-electron chi connectivity index (χ0n) is 9.17. The largest absolute Gasteiger partial charge is 0.488 e. The first kappa shape index (κ1) is 12.9. The fourth-order valence-electron chi connectivity index (χ4n) is 1.27. The first-order chi connectivity index (χ1) is 7.60. The SMILES string of the molecule is CCCOc1c(F)cc(C(N)CN)cc1F. The van der Waals surface area contributed by atoms with E-state index in [1.807, 2.05) is 6.92 Å². The molecule has 0 radical (unpaired) electrons. The van der Waals surface area contributed by atoms with Gasteiger partial charge in [-0.15, -0.1) is 0 Å². The van der Waals surface area contributed by atoms with Crippen molar-refractivity contribution in [2.24, 2.45) is 11.5 Å². The van der Waals surface area contributed by atoms with Crippen LogP contribution in [0.15, 0.2) is 12.1 Å². The molecule has 1 atom stereocenters. The summed E-state index contributed by atoms with van der Waals surface area (Å²) in [6.45, 7) is 2.26. The molecule has 3 nitrogen and oxygen atoms in total. The average Bonchev–Trinajstić information content (AvgIpc) is 2.26. The summed E-state index contributed by atoms with van der Waals surface area (Å²) < 4.78 is 31.9. The molecule has 90 valence electrons. The summed E-state index contributed by atoms with van der Waals surface area (Å²) in [4.78, 5) is 0. The van der Waals surface area contributed by atoms with Gasteiger partial charge in [0.25, 0.3) is 0 Å². The van der Waals surface area contributed by atoms with E-state index in [4.69, 9.17) is 16.2 Å². The van der Waals surface area contributed by atoms with E-state index in [2.05, 4.69) is 0 Å². The Kier molecular flexibility index (Phi) is 4.64. The molecule has 4 N–H and O–H groups in total. The second-order valence-electron chi connectivity index (χ2n) is 3.50. The monoisotopic (exact) mass is 230 g/mol. The maximum Gasteiger partial charge on any atom is 0.190 e. The van der Waals surface area contributed by atoms with Crippen LogP contribution in [0.1, 0.15) is 24.9 Å². The van der Waals surface area contributed by atoms with Crippen molar-refractivity contribution in [2.45, 2.75) is 19.4 Å². The molecule has 16 heavy (non-hydrogen) atoms. The van der Waals surface area contributed by atoms with Gasteiger partial charge in [0.1, 0.15) is 0 Å². The third-order valence-electron chi connectivity index (χ3n) is 2.15. The maximum absolute atomic E-state index is 13.5. The van der Waals surface area contributed by atoms with Crippen molar-refractivity contribution in [3.63, 3.8) is 0 Å². The van der Waals surface area contributed by atoms with Gasteiger partial charge in [0.15, 0.2) is 17.4 Å². The molecule has 5 heteroatoms. The lowest BCUT2D eigenvalue weighted by atomic mass is 10.1. The molecular weight excluding hydrogens is 214 g/mol. The van der Waals surface area contributed by atoms with Crippen molar-refractivity contribution in [1.82, 2.24) is 0 Å². The van der Waals surface area contributed by atoms with Crippen molar-refractivity contribution >= 4 is 0 Å². The molecule has 0 spiro atoms. The first-order valence-electron chi connectivity index (χ1n) is 5.17. The number of benzene rings is 1. The van der Waals surface area contributed by atoms with Crippen molar-refractivity contribution < 1.29 is 13.5 Å². The predicted molar refractivity (Wildman–Crippen MR) is 58.1 cm³/mol. The van der Waals surface area contributed by atoms with Gasteiger partial charge in [0.2, 0.25) is 0 Å². The van der Waals surface area contributed by atoms with Crippen LogP contribution >= 0.6 is 0 Å². The lowest BCUT2D eigenvalue weighted by Crippen LogP contribution is -2.21. The molecule has 0 saturated heterocycles. The minimum atomic E-state index is -0.743. The van der Waals surface area contributed by atoms with Gasteiger partial charge in [-0.2, -0.15) is 0 Å². The van der Waals surface area contributed by atoms with E-state index in [9.17, 15) is 8.78 Å². The van der Waals surface area contributed by atoms with E-state index >= 15 is 0 Å². The molecule has 0 aliphatic heterocycles. The van der Waals surface area contributed by atoms with Crippen LogP contribution in [-0.2, 0) is 0 Å². The fraction of sp³-hybridized carbons (Fsp3) is 0.455. The van der Waals surface area contributed by atoms with E-state index < -0.39 is 17.7 Å². The number of ether oxygens (including phenoxy) is 1. The highest BCUT2D eigenvalue weighted by Gasteiger charge is 2.15. The van der Waals surface area contributed by atoms with Gasteiger partial charge in [0, 0.05) is 12.6 Å². The molecular formula is C11H16F2N2O. The predicted octanol–water partition coefficient (Wildman–Crippen LogP) is 1.71. The molecule has 0 aliphatic carbocycles. The molecule has 0 heterocycles. The van der Waals surface area contributed by atoms with Gasteiger partial charge < -0.3 is 16.2 Å². The lowest BCUT2D eigenvalue weighted by Gasteiger charge is -2.12. The molecule has 0 aliphatic rings. The second-order valence-corrected chi connectivity index (χ2v) is 3.50. The Bertz CT molecular complexity index is 335. The van der Waals surface area contributed by atoms with Crippen LogP contribution in [0.3, 0.4) is 0 Å². The Morgan fingerprint density at radius 2 is 1.88 bits per heavy atom. The van der Waals surface area contributed by atoms with E-state index in [1.165, 1.54) is 0 Å². The van der Waals surface area contributed by atoms with Crippen LogP contribution in [0.5, 0.6) is 5.75 Å². The Morgan fingerprint density at radius 3 is 2.31 bits per heavy atom. The molecule has 1 rings (SSSR count). The van der Waals surface area contributed by atoms with Crippen molar-refractivity contribution in [2.75, 3.05) is 13.2 Å². The molecule has 0 saturated carbocycles. The highest BCUT2D eigenvalue weighted by Crippen LogP contribution is 2.25. The lowest BCUT2D eigenvalue weighted by molar-refractivity contribution is 0.284. The molecule has 0 fully saturated rings. The summed E-state index contributed by atoms with van der Waals surface area (Å²) in [7, 11) is 0. The van der Waals surface area contributed by atoms with E-state index in [0.717, 1.165) is 12.1 Å². The smallest absolute Gasteiger partial charge is 0.190 e. The molecule has 0 amide bonds. The quantitative estimate of drug-likeness (QED) is 0.809. The number of hydrogen-bond donors (Lipinski definition) is 2. The van der Waals surface area contributed by atoms with Crippen molar-refractivity contribution in [3.05, 3.63) is 29.3 Å². The summed E-state index contributed by atoms with van der Waals surface area (Å²) in [5.41, 5.74) is 11.2. The highest BCUT2D eigenvalue weighted by atomic mass is 19.1. The summed E-state index contributed by atoms with van der Waals surface area (Å²) in [6, 6.07) is 1.75. The summed E-state index contributed by atoms with van der Waals surface area (Å²) >= 11 is 0. The van der Waals surface area contributed by atoms with Crippen LogP contribution < -0.4 is 16.2 Å². The number of rotatable bonds is 5. The standard InChI is InChI=1S/C11H16F2N2O/c1-2-3-16-11-8(12)4-7(5-9(11)13)10(15)6-14/h4-5,10H,2-3,6,14-15H2,1H3. The normalized spacial score (nSPS) is 12.6. The van der Waals surface area contributed by atoms with E-state index in [1.54, 1.807) is 0 Å². The van der Waals surface area contributed by atoms with Crippen molar-refractivity contribution in [1.29, 1.82) is 0 Å². The zero-order valence-corrected chi connectivity index (χ0v) is 9.17. The average molecular weight is 230 g/mol. The minimum absolute atomic E-state index is 0.133. The highest BCUT2D eigenvalue weighted by molar-refractivity contribution is 5.33. The summed E-state index contributed by atoms with van der Waals surface area (Å²) in [5.74, 6) is -1.84. The van der Waals surface area contributed by atoms with Gasteiger partial charge in [-0.05, 0) is 24.1 Å². The summed E-state index contributed by atoms with van der Waals surface area (Å²) in [5, 5.41) is 0. The Hall–Kier alpha value is -1.20. The molecule has 1 unspecified atom stereocenters. The van der Waals surface area contributed by atoms with Gasteiger partial charge >= 0.3 is 0 Å². The topological polar surface area (TPSA) is 61.3 Å². The van der Waals surface area contributed by atoms with Crippen molar-refractivity contribution in [3.8, 4) is 5.75 Å². The number of hydrogen-bond acceptors (Lipinski definition) is 3. The van der Waals surface area contributed by atoms with Crippen LogP contribution in [-0.4, -0.2) is 13.2 Å². The van der Waals surface area contributed by atoms with E-state index in [0.29, 0.717) is 12.0 Å². The Balaban J connectivity index is 2.97. The molecule has 0 aromatic heterocycles. The molecule has 1 aromatic carbocycles. The van der Waals surface area contributed by atoms with Gasteiger partial charge in [-0.1, -0.05) is 6.92 Å². The second kappa shape index (κ2) is 5.77. The Labute approximate surface area is 93.4 Å². The van der Waals surface area contributed by atoms with Crippen LogP contribution in [0.25, 0.3) is 0 Å². The van der Waals surface area contributed by atoms with Crippen LogP contribution in [0.2, 0.25) is 0 Å². The van der Waals surface area contributed by atoms with Gasteiger partial charge in [-0.3, -0.25) is 0 Å². The maximum atomic E-state index is 13.5. The van der Waals surface area contributed by atoms with Crippen LogP contribution in [0.4, 0.5) is 8.78 Å². The third kappa shape index (κ3) is 2.90. The fourth-order valence-corrected chi connectivity index (χ4v) is 1.27. The Morgan fingerprint density at radius 1 is 1.31 bits per heavy atom. The van der Waals surface area contributed by atoms with Crippen LogP contribution in [0, 0.1) is 11.6 Å². The number of nitrogens with two attached hydrogens (primary N) is 2. The zero-order chi connectivity index (χ0) is 12.1. The third-order valence-corrected chi connectivity index (χ3v) is 2.15. The van der Waals surface area contributed by atoms with Gasteiger partial charge in [0.05, 0.1) is 6.61 Å². The molecule has 0 bridgehead atoms. The first-order valence-corrected chi connectivity index (χ1v) is 5.17. The molecule has 1 aromatic rings. The minimum Gasteiger partial charge on any atom is -0.488 e. The summed E-state index contributed by atoms with van der Waals surface area (Å²) in [6.07, 6.45) is 0.683. The van der Waals surface area contributed by atoms with E-state index in [-0.39, 0.29) is 18.9 Å². The van der Waals surface area contributed by atoms with Gasteiger partial charge in [-0.25, -0.2) is 8.78 Å². The number of halogens is 2.